The van der Waals surface area contributed by atoms with Crippen LogP contribution in [0, 0.1) is 5.82 Å². The van der Waals surface area contributed by atoms with Crippen molar-refractivity contribution >= 4 is 5.69 Å². The molecule has 1 heterocycles. The van der Waals surface area contributed by atoms with E-state index in [2.05, 4.69) is 36.0 Å². The number of benzene rings is 1. The second-order valence-electron chi connectivity index (χ2n) is 5.63. The van der Waals surface area contributed by atoms with Gasteiger partial charge in [-0.25, -0.2) is 4.39 Å². The maximum absolute atomic E-state index is 13.6. The van der Waals surface area contributed by atoms with Crippen molar-refractivity contribution in [2.24, 2.45) is 0 Å². The van der Waals surface area contributed by atoms with Crippen molar-refractivity contribution in [3.8, 4) is 0 Å². The number of rotatable bonds is 4. The van der Waals surface area contributed by atoms with Crippen LogP contribution in [0.15, 0.2) is 18.2 Å². The summed E-state index contributed by atoms with van der Waals surface area (Å²) in [5.74, 6) is -0.152. The number of nitrogens with zero attached hydrogens (tertiary/aromatic N) is 2. The highest BCUT2D eigenvalue weighted by Crippen LogP contribution is 2.28. The van der Waals surface area contributed by atoms with Gasteiger partial charge in [0.15, 0.2) is 0 Å². The van der Waals surface area contributed by atoms with Crippen molar-refractivity contribution in [1.82, 2.24) is 10.2 Å². The Morgan fingerprint density at radius 3 is 2.80 bits per heavy atom. The van der Waals surface area contributed by atoms with E-state index in [-0.39, 0.29) is 11.9 Å². The van der Waals surface area contributed by atoms with Crippen molar-refractivity contribution in [3.63, 3.8) is 0 Å². The first-order valence-electron chi connectivity index (χ1n) is 7.58. The summed E-state index contributed by atoms with van der Waals surface area (Å²) in [7, 11) is 2.16. The maximum Gasteiger partial charge on any atom is 0.123 e. The highest BCUT2D eigenvalue weighted by Gasteiger charge is 2.18. The molecular formula is C16H26FN3. The largest absolute Gasteiger partial charge is 0.370 e. The lowest BCUT2D eigenvalue weighted by atomic mass is 10.0. The lowest BCUT2D eigenvalue weighted by molar-refractivity contribution is 0.360. The summed E-state index contributed by atoms with van der Waals surface area (Å²) < 4.78 is 13.6. The number of nitrogens with one attached hydrogen (secondary N) is 1. The fourth-order valence-electron chi connectivity index (χ4n) is 2.86. The first-order chi connectivity index (χ1) is 9.61. The second-order valence-corrected chi connectivity index (χ2v) is 5.63. The molecule has 1 fully saturated rings. The molecule has 1 aliphatic rings. The summed E-state index contributed by atoms with van der Waals surface area (Å²) in [5.41, 5.74) is 2.24. The van der Waals surface area contributed by atoms with Gasteiger partial charge >= 0.3 is 0 Å². The van der Waals surface area contributed by atoms with E-state index in [0.29, 0.717) is 0 Å². The molecule has 1 aromatic carbocycles. The number of hydrogen-bond donors (Lipinski definition) is 1. The molecule has 1 unspecified atom stereocenters. The van der Waals surface area contributed by atoms with E-state index in [1.54, 1.807) is 12.1 Å². The van der Waals surface area contributed by atoms with Crippen molar-refractivity contribution in [1.29, 1.82) is 0 Å². The van der Waals surface area contributed by atoms with Crippen molar-refractivity contribution < 1.29 is 4.39 Å². The molecule has 1 N–H and O–H groups in total. The van der Waals surface area contributed by atoms with Gasteiger partial charge in [-0.05, 0) is 57.2 Å². The number of halogens is 1. The van der Waals surface area contributed by atoms with Gasteiger partial charge in [-0.2, -0.15) is 0 Å². The molecule has 0 amide bonds. The van der Waals surface area contributed by atoms with E-state index >= 15 is 0 Å². The summed E-state index contributed by atoms with van der Waals surface area (Å²) in [6.07, 6.45) is 1.16. The first kappa shape index (κ1) is 15.3. The highest BCUT2D eigenvalue weighted by molar-refractivity contribution is 5.55. The molecule has 4 heteroatoms. The van der Waals surface area contributed by atoms with Crippen molar-refractivity contribution in [2.45, 2.75) is 26.3 Å². The summed E-state index contributed by atoms with van der Waals surface area (Å²) in [6.45, 7) is 9.32. The lowest BCUT2D eigenvalue weighted by Gasteiger charge is -2.28. The molecule has 0 aromatic heterocycles. The van der Waals surface area contributed by atoms with Gasteiger partial charge < -0.3 is 15.1 Å². The summed E-state index contributed by atoms with van der Waals surface area (Å²) in [5, 5.41) is 3.39. The third-order valence-corrected chi connectivity index (χ3v) is 4.03. The highest BCUT2D eigenvalue weighted by atomic mass is 19.1. The van der Waals surface area contributed by atoms with Gasteiger partial charge in [-0.15, -0.1) is 0 Å². The van der Waals surface area contributed by atoms with E-state index in [9.17, 15) is 4.39 Å². The Bertz CT molecular complexity index is 436. The predicted molar refractivity (Wildman–Crippen MR) is 82.8 cm³/mol. The molecule has 1 aromatic rings. The minimum atomic E-state index is -0.152. The van der Waals surface area contributed by atoms with Crippen LogP contribution < -0.4 is 10.2 Å². The molecule has 0 saturated carbocycles. The summed E-state index contributed by atoms with van der Waals surface area (Å²) >= 11 is 0. The molecule has 1 aliphatic heterocycles. The van der Waals surface area contributed by atoms with Crippen LogP contribution in [0.3, 0.4) is 0 Å². The number of hydrogen-bond acceptors (Lipinski definition) is 3. The minimum absolute atomic E-state index is 0.152. The van der Waals surface area contributed by atoms with Crippen LogP contribution in [0.25, 0.3) is 0 Å². The van der Waals surface area contributed by atoms with Crippen molar-refractivity contribution in [2.75, 3.05) is 44.7 Å². The lowest BCUT2D eigenvalue weighted by Crippen LogP contribution is -2.30. The molecule has 0 aliphatic carbocycles. The van der Waals surface area contributed by atoms with Crippen LogP contribution in [-0.2, 0) is 0 Å². The number of likely N-dealkylation sites (N-methyl/N-ethyl adjacent to an activating group) is 1. The topological polar surface area (TPSA) is 18.5 Å². The zero-order chi connectivity index (χ0) is 14.5. The Morgan fingerprint density at radius 1 is 1.25 bits per heavy atom. The fraction of sp³-hybridized carbons (Fsp3) is 0.625. The van der Waals surface area contributed by atoms with E-state index in [1.807, 2.05) is 6.07 Å². The van der Waals surface area contributed by atoms with Crippen LogP contribution in [0.1, 0.15) is 31.9 Å². The Morgan fingerprint density at radius 2 is 2.05 bits per heavy atom. The van der Waals surface area contributed by atoms with Crippen LogP contribution >= 0.6 is 0 Å². The minimum Gasteiger partial charge on any atom is -0.370 e. The molecule has 20 heavy (non-hydrogen) atoms. The quantitative estimate of drug-likeness (QED) is 0.914. The second kappa shape index (κ2) is 7.04. The van der Waals surface area contributed by atoms with Crippen LogP contribution in [0.2, 0.25) is 0 Å². The Hall–Kier alpha value is -1.13. The third kappa shape index (κ3) is 3.70. The summed E-state index contributed by atoms with van der Waals surface area (Å²) in [4.78, 5) is 4.75. The van der Waals surface area contributed by atoms with Gasteiger partial charge in [-0.3, -0.25) is 0 Å². The van der Waals surface area contributed by atoms with Crippen LogP contribution in [0.4, 0.5) is 10.1 Å². The maximum atomic E-state index is 13.6. The van der Waals surface area contributed by atoms with E-state index in [0.717, 1.165) is 44.7 Å². The number of anilines is 1. The molecule has 1 atom stereocenters. The van der Waals surface area contributed by atoms with Crippen LogP contribution in [-0.4, -0.2) is 44.7 Å². The normalized spacial score (nSPS) is 18.9. The Labute approximate surface area is 121 Å². The Balaban J connectivity index is 2.25. The smallest absolute Gasteiger partial charge is 0.123 e. The van der Waals surface area contributed by atoms with E-state index in [4.69, 9.17) is 0 Å². The zero-order valence-corrected chi connectivity index (χ0v) is 12.8. The molecule has 1 saturated heterocycles. The molecule has 0 radical (unpaired) electrons. The monoisotopic (exact) mass is 279 g/mol. The summed E-state index contributed by atoms with van der Waals surface area (Å²) in [6, 6.07) is 5.36. The van der Waals surface area contributed by atoms with Crippen LogP contribution in [0.5, 0.6) is 0 Å². The predicted octanol–water partition coefficient (Wildman–Crippen LogP) is 2.64. The molecular weight excluding hydrogens is 253 g/mol. The van der Waals surface area contributed by atoms with Gasteiger partial charge in [0.05, 0.1) is 0 Å². The van der Waals surface area contributed by atoms with Gasteiger partial charge in [0.2, 0.25) is 0 Å². The zero-order valence-electron chi connectivity index (χ0n) is 12.8. The van der Waals surface area contributed by atoms with Gasteiger partial charge in [-0.1, -0.05) is 6.92 Å². The first-order valence-corrected chi connectivity index (χ1v) is 7.58. The fourth-order valence-corrected chi connectivity index (χ4v) is 2.86. The van der Waals surface area contributed by atoms with Gasteiger partial charge in [0, 0.05) is 31.4 Å². The van der Waals surface area contributed by atoms with Gasteiger partial charge in [0.25, 0.3) is 0 Å². The average molecular weight is 279 g/mol. The van der Waals surface area contributed by atoms with E-state index < -0.39 is 0 Å². The SMILES string of the molecule is CCNC(C)c1cc(F)ccc1N1CCCN(C)CC1. The standard InChI is InChI=1S/C16H26FN3/c1-4-18-13(2)15-12-14(17)6-7-16(15)20-9-5-8-19(3)10-11-20/h6-7,12-13,18H,4-5,8-11H2,1-3H3. The third-order valence-electron chi connectivity index (χ3n) is 4.03. The Kier molecular flexibility index (Phi) is 5.38. The molecule has 3 nitrogen and oxygen atoms in total. The van der Waals surface area contributed by atoms with E-state index in [1.165, 1.54) is 5.69 Å². The average Bonchev–Trinajstić information content (AvgIpc) is 2.64. The molecule has 0 bridgehead atoms. The van der Waals surface area contributed by atoms with Gasteiger partial charge in [0.1, 0.15) is 5.82 Å². The molecule has 0 spiro atoms. The molecule has 112 valence electrons. The molecule has 2 rings (SSSR count). The van der Waals surface area contributed by atoms with Crippen molar-refractivity contribution in [3.05, 3.63) is 29.6 Å².